The molecule has 2 heterocycles. The van der Waals surface area contributed by atoms with Crippen LogP contribution in [0.15, 0.2) is 47.2 Å². The van der Waals surface area contributed by atoms with E-state index in [1.807, 2.05) is 0 Å². The van der Waals surface area contributed by atoms with Gasteiger partial charge in [-0.15, -0.1) is 0 Å². The van der Waals surface area contributed by atoms with Crippen LogP contribution in [0.4, 0.5) is 13.2 Å². The average molecular weight is 428 g/mol. The Kier molecular flexibility index (Phi) is 5.62. The highest BCUT2D eigenvalue weighted by atomic mass is 79.9. The van der Waals surface area contributed by atoms with Crippen molar-refractivity contribution in [1.82, 2.24) is 14.8 Å². The van der Waals surface area contributed by atoms with Crippen LogP contribution in [-0.4, -0.2) is 46.9 Å². The average Bonchev–Trinajstić information content (AvgIpc) is 2.61. The van der Waals surface area contributed by atoms with Crippen molar-refractivity contribution in [2.75, 3.05) is 26.2 Å². The van der Waals surface area contributed by atoms with Crippen LogP contribution in [0.1, 0.15) is 21.5 Å². The van der Waals surface area contributed by atoms with Gasteiger partial charge in [-0.05, 0) is 39.7 Å². The molecule has 138 valence electrons. The van der Waals surface area contributed by atoms with Gasteiger partial charge in [0.1, 0.15) is 0 Å². The van der Waals surface area contributed by atoms with Gasteiger partial charge in [0, 0.05) is 49.6 Å². The van der Waals surface area contributed by atoms with Crippen molar-refractivity contribution in [2.24, 2.45) is 0 Å². The zero-order valence-electron chi connectivity index (χ0n) is 13.8. The topological polar surface area (TPSA) is 36.4 Å². The molecule has 0 radical (unpaired) electrons. The molecule has 1 fully saturated rings. The predicted octanol–water partition coefficient (Wildman–Crippen LogP) is 3.82. The molecule has 1 aliphatic rings. The molecule has 1 aromatic heterocycles. The smallest absolute Gasteiger partial charge is 0.336 e. The molecule has 1 saturated heterocycles. The van der Waals surface area contributed by atoms with Crippen molar-refractivity contribution in [2.45, 2.75) is 12.7 Å². The maximum absolute atomic E-state index is 12.6. The number of benzene rings is 1. The number of halogens is 4. The summed E-state index contributed by atoms with van der Waals surface area (Å²) in [6.07, 6.45) is -1.15. The van der Waals surface area contributed by atoms with E-state index < -0.39 is 11.7 Å². The van der Waals surface area contributed by atoms with Gasteiger partial charge >= 0.3 is 6.18 Å². The van der Waals surface area contributed by atoms with E-state index in [4.69, 9.17) is 0 Å². The summed E-state index contributed by atoms with van der Waals surface area (Å²) in [5.74, 6) is -0.0621. The maximum Gasteiger partial charge on any atom is 0.416 e. The molecule has 26 heavy (non-hydrogen) atoms. The lowest BCUT2D eigenvalue weighted by Crippen LogP contribution is -2.48. The number of hydrogen-bond donors (Lipinski definition) is 0. The molecule has 3 rings (SSSR count). The van der Waals surface area contributed by atoms with Crippen LogP contribution in [0.3, 0.4) is 0 Å². The van der Waals surface area contributed by atoms with Gasteiger partial charge in [-0.25, -0.2) is 0 Å². The first kappa shape index (κ1) is 18.8. The summed E-state index contributed by atoms with van der Waals surface area (Å²) in [6.45, 7) is 3.07. The lowest BCUT2D eigenvalue weighted by atomic mass is 10.1. The highest BCUT2D eigenvalue weighted by Gasteiger charge is 2.30. The fraction of sp³-hybridized carbons (Fsp3) is 0.333. The van der Waals surface area contributed by atoms with Gasteiger partial charge in [0.2, 0.25) is 0 Å². The first-order chi connectivity index (χ1) is 12.3. The number of hydrogen-bond acceptors (Lipinski definition) is 3. The van der Waals surface area contributed by atoms with Crippen molar-refractivity contribution in [3.05, 3.63) is 63.9 Å². The Balaban J connectivity index is 1.54. The summed E-state index contributed by atoms with van der Waals surface area (Å²) in [5.41, 5.74) is 0.726. The molecule has 0 unspecified atom stereocenters. The summed E-state index contributed by atoms with van der Waals surface area (Å²) in [7, 11) is 0. The molecular weight excluding hydrogens is 411 g/mol. The molecular formula is C18H17BrF3N3O. The van der Waals surface area contributed by atoms with E-state index in [0.29, 0.717) is 38.3 Å². The zero-order chi connectivity index (χ0) is 18.7. The van der Waals surface area contributed by atoms with Gasteiger partial charge in [-0.1, -0.05) is 12.1 Å². The third-order valence-electron chi connectivity index (χ3n) is 4.30. The number of pyridine rings is 1. The number of rotatable bonds is 3. The predicted molar refractivity (Wildman–Crippen MR) is 94.6 cm³/mol. The van der Waals surface area contributed by atoms with E-state index in [0.717, 1.165) is 22.2 Å². The van der Waals surface area contributed by atoms with Gasteiger partial charge in [-0.3, -0.25) is 14.7 Å². The van der Waals surface area contributed by atoms with Gasteiger partial charge in [-0.2, -0.15) is 13.2 Å². The second-order valence-corrected chi connectivity index (χ2v) is 7.07. The Morgan fingerprint density at radius 2 is 1.73 bits per heavy atom. The molecule has 0 atom stereocenters. The van der Waals surface area contributed by atoms with Crippen LogP contribution in [0.5, 0.6) is 0 Å². The van der Waals surface area contributed by atoms with Gasteiger partial charge in [0.25, 0.3) is 5.91 Å². The fourth-order valence-corrected chi connectivity index (χ4v) is 3.24. The molecule has 0 spiro atoms. The SMILES string of the molecule is O=C(c1cncc(Br)c1)N1CCN(Cc2ccc(C(F)(F)F)cc2)CC1. The summed E-state index contributed by atoms with van der Waals surface area (Å²) < 4.78 is 38.6. The maximum atomic E-state index is 12.6. The number of piperazine rings is 1. The Bertz CT molecular complexity index is 772. The monoisotopic (exact) mass is 427 g/mol. The number of carbonyl (C=O) groups is 1. The molecule has 0 bridgehead atoms. The molecule has 1 amide bonds. The van der Waals surface area contributed by atoms with E-state index in [1.54, 1.807) is 23.4 Å². The second-order valence-electron chi connectivity index (χ2n) is 6.15. The third-order valence-corrected chi connectivity index (χ3v) is 4.73. The third kappa shape index (κ3) is 4.62. The van der Waals surface area contributed by atoms with E-state index in [9.17, 15) is 18.0 Å². The van der Waals surface area contributed by atoms with Crippen LogP contribution in [0.2, 0.25) is 0 Å². The van der Waals surface area contributed by atoms with E-state index in [-0.39, 0.29) is 5.91 Å². The Hall–Kier alpha value is -1.93. The molecule has 0 N–H and O–H groups in total. The number of aromatic nitrogens is 1. The minimum Gasteiger partial charge on any atom is -0.336 e. The largest absolute Gasteiger partial charge is 0.416 e. The quantitative estimate of drug-likeness (QED) is 0.746. The molecule has 0 saturated carbocycles. The van der Waals surface area contributed by atoms with Gasteiger partial charge < -0.3 is 4.90 Å². The van der Waals surface area contributed by atoms with Gasteiger partial charge in [0.05, 0.1) is 11.1 Å². The Morgan fingerprint density at radius 3 is 2.31 bits per heavy atom. The van der Waals surface area contributed by atoms with E-state index in [2.05, 4.69) is 25.8 Å². The van der Waals surface area contributed by atoms with Gasteiger partial charge in [0.15, 0.2) is 0 Å². The number of nitrogens with zero attached hydrogens (tertiary/aromatic N) is 3. The van der Waals surface area contributed by atoms with Crippen molar-refractivity contribution < 1.29 is 18.0 Å². The molecule has 8 heteroatoms. The minimum atomic E-state index is -4.31. The van der Waals surface area contributed by atoms with Crippen LogP contribution in [0.25, 0.3) is 0 Å². The van der Waals surface area contributed by atoms with Crippen molar-refractivity contribution in [1.29, 1.82) is 0 Å². The van der Waals surface area contributed by atoms with E-state index in [1.165, 1.54) is 12.1 Å². The van der Waals surface area contributed by atoms with Crippen LogP contribution >= 0.6 is 15.9 Å². The summed E-state index contributed by atoms with van der Waals surface area (Å²) in [6, 6.07) is 6.97. The second kappa shape index (κ2) is 7.75. The lowest BCUT2D eigenvalue weighted by Gasteiger charge is -2.34. The summed E-state index contributed by atoms with van der Waals surface area (Å²) >= 11 is 3.31. The number of amides is 1. The lowest BCUT2D eigenvalue weighted by molar-refractivity contribution is -0.137. The number of alkyl halides is 3. The summed E-state index contributed by atoms with van der Waals surface area (Å²) in [4.78, 5) is 20.4. The van der Waals surface area contributed by atoms with E-state index >= 15 is 0 Å². The Morgan fingerprint density at radius 1 is 1.08 bits per heavy atom. The molecule has 1 aliphatic heterocycles. The van der Waals surface area contributed by atoms with Crippen LogP contribution in [0, 0.1) is 0 Å². The molecule has 0 aliphatic carbocycles. The Labute approximate surface area is 157 Å². The zero-order valence-corrected chi connectivity index (χ0v) is 15.4. The first-order valence-electron chi connectivity index (χ1n) is 8.11. The standard InChI is InChI=1S/C18H17BrF3N3O/c19-16-9-14(10-23-11-16)17(26)25-7-5-24(6-8-25)12-13-1-3-15(4-2-13)18(20,21)22/h1-4,9-11H,5-8,12H2. The van der Waals surface area contributed by atoms with Crippen LogP contribution < -0.4 is 0 Å². The highest BCUT2D eigenvalue weighted by molar-refractivity contribution is 9.10. The van der Waals surface area contributed by atoms with Crippen molar-refractivity contribution in [3.8, 4) is 0 Å². The molecule has 4 nitrogen and oxygen atoms in total. The molecule has 2 aromatic rings. The van der Waals surface area contributed by atoms with Crippen LogP contribution in [-0.2, 0) is 12.7 Å². The van der Waals surface area contributed by atoms with Crippen molar-refractivity contribution in [3.63, 3.8) is 0 Å². The fourth-order valence-electron chi connectivity index (χ4n) is 2.88. The summed E-state index contributed by atoms with van der Waals surface area (Å²) in [5, 5.41) is 0. The van der Waals surface area contributed by atoms with Crippen molar-refractivity contribution >= 4 is 21.8 Å². The number of carbonyl (C=O) groups excluding carboxylic acids is 1. The normalized spacial score (nSPS) is 15.9. The highest BCUT2D eigenvalue weighted by Crippen LogP contribution is 2.29. The molecule has 1 aromatic carbocycles. The first-order valence-corrected chi connectivity index (χ1v) is 8.90. The minimum absolute atomic E-state index is 0.0621.